The van der Waals surface area contributed by atoms with E-state index in [1.165, 1.54) is 24.5 Å². The molecule has 0 spiro atoms. The Labute approximate surface area is 119 Å². The maximum Gasteiger partial charge on any atom is 0.310 e. The van der Waals surface area contributed by atoms with E-state index in [2.05, 4.69) is 10.1 Å². The summed E-state index contributed by atoms with van der Waals surface area (Å²) >= 11 is 1.47. The van der Waals surface area contributed by atoms with Crippen LogP contribution in [0.3, 0.4) is 0 Å². The van der Waals surface area contributed by atoms with Crippen molar-refractivity contribution in [1.29, 1.82) is 0 Å². The van der Waals surface area contributed by atoms with Gasteiger partial charge in [-0.25, -0.2) is 8.78 Å². The van der Waals surface area contributed by atoms with Gasteiger partial charge in [-0.15, -0.1) is 11.3 Å². The van der Waals surface area contributed by atoms with E-state index in [0.29, 0.717) is 12.2 Å². The molecule has 0 radical (unpaired) electrons. The molecule has 0 unspecified atom stereocenters. The molecule has 2 aromatic rings. The number of ether oxygens (including phenoxy) is 1. The van der Waals surface area contributed by atoms with E-state index >= 15 is 0 Å². The number of hydrogen-bond donors (Lipinski definition) is 1. The van der Waals surface area contributed by atoms with Crippen LogP contribution in [0.5, 0.6) is 0 Å². The summed E-state index contributed by atoms with van der Waals surface area (Å²) in [4.78, 5) is 13.0. The molecule has 106 valence electrons. The van der Waals surface area contributed by atoms with Gasteiger partial charge in [0.1, 0.15) is 0 Å². The van der Waals surface area contributed by atoms with Crippen molar-refractivity contribution in [1.82, 2.24) is 0 Å². The molecule has 0 aliphatic carbocycles. The van der Waals surface area contributed by atoms with Crippen LogP contribution >= 0.6 is 11.3 Å². The van der Waals surface area contributed by atoms with Crippen molar-refractivity contribution in [2.45, 2.75) is 13.0 Å². The highest BCUT2D eigenvalue weighted by molar-refractivity contribution is 7.12. The van der Waals surface area contributed by atoms with Gasteiger partial charge in [0.25, 0.3) is 0 Å². The Morgan fingerprint density at radius 3 is 2.65 bits per heavy atom. The number of nitrogens with one attached hydrogen (secondary N) is 1. The molecule has 20 heavy (non-hydrogen) atoms. The molecule has 0 amide bonds. The average molecular weight is 297 g/mol. The molecule has 0 saturated heterocycles. The fraction of sp³-hybridized carbons (Fsp3) is 0.214. The van der Waals surface area contributed by atoms with Crippen LogP contribution in [0.4, 0.5) is 14.5 Å². The minimum absolute atomic E-state index is 0.242. The lowest BCUT2D eigenvalue weighted by atomic mass is 10.3. The first kappa shape index (κ1) is 14.5. The molecule has 1 aromatic heterocycles. The predicted octanol–water partition coefficient (Wildman–Crippen LogP) is 3.35. The Bertz CT molecular complexity index is 613. The van der Waals surface area contributed by atoms with Crippen molar-refractivity contribution in [3.8, 4) is 0 Å². The molecule has 6 heteroatoms. The number of halogens is 2. The Kier molecular flexibility index (Phi) is 4.68. The first-order valence-electron chi connectivity index (χ1n) is 5.92. The van der Waals surface area contributed by atoms with Gasteiger partial charge in [0.05, 0.1) is 13.5 Å². The van der Waals surface area contributed by atoms with Crippen molar-refractivity contribution < 1.29 is 18.3 Å². The summed E-state index contributed by atoms with van der Waals surface area (Å²) in [7, 11) is 1.35. The van der Waals surface area contributed by atoms with Crippen LogP contribution in [0.2, 0.25) is 0 Å². The first-order valence-corrected chi connectivity index (χ1v) is 6.73. The van der Waals surface area contributed by atoms with Gasteiger partial charge in [-0.2, -0.15) is 0 Å². The molecular weight excluding hydrogens is 284 g/mol. The highest BCUT2D eigenvalue weighted by atomic mass is 32.1. The number of benzene rings is 1. The Hall–Kier alpha value is -1.95. The third-order valence-corrected chi connectivity index (χ3v) is 3.74. The number of carbonyl (C=O) groups excluding carboxylic acids is 1. The molecule has 0 atom stereocenters. The van der Waals surface area contributed by atoms with Crippen molar-refractivity contribution in [3.05, 3.63) is 51.7 Å². The van der Waals surface area contributed by atoms with Crippen LogP contribution in [-0.4, -0.2) is 13.1 Å². The molecule has 2 rings (SSSR count). The summed E-state index contributed by atoms with van der Waals surface area (Å²) in [5, 5.41) is 3.00. The third kappa shape index (κ3) is 3.77. The molecule has 1 aromatic carbocycles. The van der Waals surface area contributed by atoms with Crippen molar-refractivity contribution in [2.75, 3.05) is 12.4 Å². The van der Waals surface area contributed by atoms with E-state index in [1.54, 1.807) is 0 Å². The van der Waals surface area contributed by atoms with Gasteiger partial charge in [-0.1, -0.05) is 0 Å². The molecule has 3 nitrogen and oxygen atoms in total. The second-order valence-corrected chi connectivity index (χ2v) is 5.36. The number of methoxy groups -OCH3 is 1. The summed E-state index contributed by atoms with van der Waals surface area (Å²) in [5.41, 5.74) is 0.506. The Morgan fingerprint density at radius 2 is 1.95 bits per heavy atom. The Balaban J connectivity index is 1.93. The van der Waals surface area contributed by atoms with E-state index in [9.17, 15) is 13.6 Å². The number of anilines is 1. The van der Waals surface area contributed by atoms with Crippen LogP contribution < -0.4 is 5.32 Å². The minimum atomic E-state index is -0.882. The standard InChI is InChI=1S/C14H13F2NO2S/c1-19-14(18)7-10-3-4-11(20-10)8-17-9-2-5-12(15)13(16)6-9/h2-6,17H,7-8H2,1H3. The average Bonchev–Trinajstić information content (AvgIpc) is 2.87. The second kappa shape index (κ2) is 6.47. The fourth-order valence-electron chi connectivity index (χ4n) is 1.62. The monoisotopic (exact) mass is 297 g/mol. The van der Waals surface area contributed by atoms with Crippen molar-refractivity contribution in [3.63, 3.8) is 0 Å². The van der Waals surface area contributed by atoms with Crippen LogP contribution in [0, 0.1) is 11.6 Å². The lowest BCUT2D eigenvalue weighted by molar-refractivity contribution is -0.139. The van der Waals surface area contributed by atoms with Crippen LogP contribution in [0.1, 0.15) is 9.75 Å². The molecule has 1 N–H and O–H groups in total. The topological polar surface area (TPSA) is 38.3 Å². The third-order valence-electron chi connectivity index (χ3n) is 2.65. The highest BCUT2D eigenvalue weighted by Gasteiger charge is 2.07. The van der Waals surface area contributed by atoms with Gasteiger partial charge in [-0.3, -0.25) is 4.79 Å². The maximum atomic E-state index is 13.0. The van der Waals surface area contributed by atoms with Gasteiger partial charge in [0.15, 0.2) is 11.6 Å². The molecule has 0 aliphatic rings. The summed E-state index contributed by atoms with van der Waals surface area (Å²) < 4.78 is 30.4. The molecule has 0 bridgehead atoms. The first-order chi connectivity index (χ1) is 9.58. The zero-order valence-electron chi connectivity index (χ0n) is 10.8. The summed E-state index contributed by atoms with van der Waals surface area (Å²) in [5.74, 6) is -2.04. The molecule has 0 aliphatic heterocycles. The molecule has 0 saturated carbocycles. The molecular formula is C14H13F2NO2S. The summed E-state index contributed by atoms with van der Waals surface area (Å²) in [6.45, 7) is 0.483. The number of hydrogen-bond acceptors (Lipinski definition) is 4. The summed E-state index contributed by atoms with van der Waals surface area (Å²) in [6, 6.07) is 7.40. The Morgan fingerprint density at radius 1 is 1.20 bits per heavy atom. The van der Waals surface area contributed by atoms with Crippen LogP contribution in [-0.2, 0) is 22.5 Å². The number of rotatable bonds is 5. The van der Waals surface area contributed by atoms with Gasteiger partial charge >= 0.3 is 5.97 Å². The summed E-state index contributed by atoms with van der Waals surface area (Å²) in [6.07, 6.45) is 0.242. The van der Waals surface area contributed by atoms with E-state index in [1.807, 2.05) is 12.1 Å². The lowest BCUT2D eigenvalue weighted by Gasteiger charge is -2.05. The number of thiophene rings is 1. The SMILES string of the molecule is COC(=O)Cc1ccc(CNc2ccc(F)c(F)c2)s1. The van der Waals surface area contributed by atoms with Gasteiger partial charge in [0, 0.05) is 28.1 Å². The van der Waals surface area contributed by atoms with Gasteiger partial charge in [-0.05, 0) is 24.3 Å². The van der Waals surface area contributed by atoms with Crippen LogP contribution in [0.15, 0.2) is 30.3 Å². The van der Waals surface area contributed by atoms with Crippen molar-refractivity contribution in [2.24, 2.45) is 0 Å². The lowest BCUT2D eigenvalue weighted by Crippen LogP contribution is -2.02. The molecule has 0 fully saturated rings. The highest BCUT2D eigenvalue weighted by Crippen LogP contribution is 2.20. The van der Waals surface area contributed by atoms with Gasteiger partial charge in [0.2, 0.25) is 0 Å². The van der Waals surface area contributed by atoms with Crippen molar-refractivity contribution >= 4 is 23.0 Å². The zero-order chi connectivity index (χ0) is 14.5. The predicted molar refractivity (Wildman–Crippen MR) is 73.7 cm³/mol. The van der Waals surface area contributed by atoms with E-state index in [4.69, 9.17) is 0 Å². The number of esters is 1. The van der Waals surface area contributed by atoms with Crippen LogP contribution in [0.25, 0.3) is 0 Å². The largest absolute Gasteiger partial charge is 0.469 e. The van der Waals surface area contributed by atoms with E-state index < -0.39 is 11.6 Å². The molecule has 1 heterocycles. The van der Waals surface area contributed by atoms with Gasteiger partial charge < -0.3 is 10.1 Å². The normalized spacial score (nSPS) is 10.3. The second-order valence-electron chi connectivity index (χ2n) is 4.10. The minimum Gasteiger partial charge on any atom is -0.469 e. The number of carbonyl (C=O) groups is 1. The maximum absolute atomic E-state index is 13.0. The quantitative estimate of drug-likeness (QED) is 0.860. The zero-order valence-corrected chi connectivity index (χ0v) is 11.6. The van der Waals surface area contributed by atoms with E-state index in [-0.39, 0.29) is 12.4 Å². The van der Waals surface area contributed by atoms with E-state index in [0.717, 1.165) is 21.9 Å². The fourth-order valence-corrected chi connectivity index (χ4v) is 2.57. The smallest absolute Gasteiger partial charge is 0.310 e.